The van der Waals surface area contributed by atoms with Gasteiger partial charge in [0, 0.05) is 11.9 Å². The van der Waals surface area contributed by atoms with Gasteiger partial charge in [0.05, 0.1) is 34.5 Å². The number of methoxy groups -OCH3 is 1. The van der Waals surface area contributed by atoms with E-state index >= 15 is 0 Å². The summed E-state index contributed by atoms with van der Waals surface area (Å²) in [5.41, 5.74) is 0.598. The molecular formula is C26H23FN4O6S2. The largest absolute Gasteiger partial charge is 0.497 e. The van der Waals surface area contributed by atoms with Gasteiger partial charge in [0.25, 0.3) is 20.0 Å². The molecule has 0 fully saturated rings. The van der Waals surface area contributed by atoms with Crippen molar-refractivity contribution in [2.45, 2.75) is 9.79 Å². The molecule has 0 aliphatic carbocycles. The highest BCUT2D eigenvalue weighted by Gasteiger charge is 2.27. The zero-order chi connectivity index (χ0) is 28.0. The number of hydrogen-bond acceptors (Lipinski definition) is 7. The fraction of sp³-hybridized carbons (Fsp3) is 0.0769. The van der Waals surface area contributed by atoms with Gasteiger partial charge in [0.15, 0.2) is 0 Å². The first-order chi connectivity index (χ1) is 18.6. The van der Waals surface area contributed by atoms with Gasteiger partial charge in [0.2, 0.25) is 5.91 Å². The number of carbonyl (C=O) groups is 1. The average Bonchev–Trinajstić information content (AvgIpc) is 2.93. The maximum Gasteiger partial charge on any atom is 0.264 e. The van der Waals surface area contributed by atoms with Crippen LogP contribution in [0.5, 0.6) is 5.75 Å². The Bertz CT molecular complexity index is 1650. The first-order valence-electron chi connectivity index (χ1n) is 11.3. The van der Waals surface area contributed by atoms with Crippen LogP contribution in [0, 0.1) is 5.82 Å². The van der Waals surface area contributed by atoms with Gasteiger partial charge >= 0.3 is 0 Å². The third-order valence-corrected chi connectivity index (χ3v) is 8.60. The number of halogens is 1. The molecule has 0 saturated heterocycles. The Labute approximate surface area is 225 Å². The lowest BCUT2D eigenvalue weighted by molar-refractivity contribution is -0.114. The molecule has 10 nitrogen and oxygen atoms in total. The molecule has 0 unspecified atom stereocenters. The minimum Gasteiger partial charge on any atom is -0.497 e. The Morgan fingerprint density at radius 2 is 1.51 bits per heavy atom. The lowest BCUT2D eigenvalue weighted by atomic mass is 10.3. The van der Waals surface area contributed by atoms with E-state index in [4.69, 9.17) is 4.74 Å². The normalized spacial score (nSPS) is 11.4. The van der Waals surface area contributed by atoms with Crippen LogP contribution < -0.4 is 19.1 Å². The highest BCUT2D eigenvalue weighted by molar-refractivity contribution is 7.93. The Balaban J connectivity index is 1.53. The zero-order valence-corrected chi connectivity index (χ0v) is 22.1. The summed E-state index contributed by atoms with van der Waals surface area (Å²) >= 11 is 0. The molecule has 0 saturated carbocycles. The summed E-state index contributed by atoms with van der Waals surface area (Å²) in [4.78, 5) is 16.6. The molecular weight excluding hydrogens is 547 g/mol. The predicted octanol–water partition coefficient (Wildman–Crippen LogP) is 3.86. The number of sulfonamides is 2. The maximum atomic E-state index is 13.5. The minimum atomic E-state index is -4.23. The Morgan fingerprint density at radius 3 is 2.10 bits per heavy atom. The number of amides is 1. The number of rotatable bonds is 10. The topological polar surface area (TPSA) is 135 Å². The van der Waals surface area contributed by atoms with E-state index in [1.807, 2.05) is 0 Å². The van der Waals surface area contributed by atoms with E-state index in [1.165, 1.54) is 80.2 Å². The van der Waals surface area contributed by atoms with Crippen LogP contribution in [0.1, 0.15) is 0 Å². The molecule has 1 heterocycles. The highest BCUT2D eigenvalue weighted by atomic mass is 32.2. The molecule has 0 aliphatic heterocycles. The molecule has 0 aliphatic rings. The number of carbonyl (C=O) groups excluding carboxylic acids is 1. The third kappa shape index (κ3) is 6.69. The second-order valence-electron chi connectivity index (χ2n) is 8.08. The van der Waals surface area contributed by atoms with E-state index < -0.39 is 38.3 Å². The van der Waals surface area contributed by atoms with E-state index in [0.717, 1.165) is 16.4 Å². The number of benzene rings is 3. The second-order valence-corrected chi connectivity index (χ2v) is 11.6. The summed E-state index contributed by atoms with van der Waals surface area (Å²) in [5.74, 6) is -0.834. The summed E-state index contributed by atoms with van der Waals surface area (Å²) in [7, 11) is -6.69. The maximum absolute atomic E-state index is 13.5. The van der Waals surface area contributed by atoms with Gasteiger partial charge in [-0.25, -0.2) is 21.2 Å². The van der Waals surface area contributed by atoms with Crippen LogP contribution in [-0.4, -0.2) is 41.4 Å². The third-order valence-electron chi connectivity index (χ3n) is 5.41. The van der Waals surface area contributed by atoms with Crippen molar-refractivity contribution in [3.8, 4) is 5.75 Å². The van der Waals surface area contributed by atoms with E-state index in [1.54, 1.807) is 12.1 Å². The van der Waals surface area contributed by atoms with Crippen molar-refractivity contribution < 1.29 is 30.8 Å². The molecule has 0 atom stereocenters. The van der Waals surface area contributed by atoms with Crippen molar-refractivity contribution in [1.29, 1.82) is 0 Å². The lowest BCUT2D eigenvalue weighted by Gasteiger charge is -2.24. The molecule has 1 amide bonds. The van der Waals surface area contributed by atoms with E-state index in [2.05, 4.69) is 15.0 Å². The molecule has 0 bridgehead atoms. The number of nitrogens with zero attached hydrogens (tertiary/aromatic N) is 2. The molecule has 4 aromatic rings. The minimum absolute atomic E-state index is 0.0561. The highest BCUT2D eigenvalue weighted by Crippen LogP contribution is 2.26. The molecule has 202 valence electrons. The summed E-state index contributed by atoms with van der Waals surface area (Å²) in [6.45, 7) is -0.636. The second kappa shape index (κ2) is 11.5. The number of nitrogens with one attached hydrogen (secondary N) is 2. The first kappa shape index (κ1) is 27.5. The standard InChI is InChI=1S/C26H23FN4O6S2/c1-37-23-10-14-25(15-11-23)39(35,36)31(22-8-4-19(27)5-9-22)18-26(32)29-20-6-12-24(13-7-20)38(33,34)30-21-3-2-16-28-17-21/h2-17,30H,18H2,1H3,(H,29,32). The van der Waals surface area contributed by atoms with Gasteiger partial charge < -0.3 is 10.1 Å². The van der Waals surface area contributed by atoms with Gasteiger partial charge in [-0.1, -0.05) is 0 Å². The van der Waals surface area contributed by atoms with E-state index in [-0.39, 0.29) is 26.9 Å². The van der Waals surface area contributed by atoms with Crippen LogP contribution in [0.4, 0.5) is 21.5 Å². The molecule has 0 spiro atoms. The van der Waals surface area contributed by atoms with Gasteiger partial charge in [-0.15, -0.1) is 0 Å². The summed E-state index contributed by atoms with van der Waals surface area (Å²) in [6.07, 6.45) is 2.87. The molecule has 13 heteroatoms. The fourth-order valence-electron chi connectivity index (χ4n) is 3.48. The average molecular weight is 571 g/mol. The van der Waals surface area contributed by atoms with Gasteiger partial charge in [-0.05, 0) is 84.9 Å². The summed E-state index contributed by atoms with van der Waals surface area (Å²) in [6, 6.07) is 18.7. The van der Waals surface area contributed by atoms with Crippen molar-refractivity contribution in [2.75, 3.05) is 28.0 Å². The van der Waals surface area contributed by atoms with Crippen molar-refractivity contribution in [3.63, 3.8) is 0 Å². The smallest absolute Gasteiger partial charge is 0.264 e. The molecule has 39 heavy (non-hydrogen) atoms. The monoisotopic (exact) mass is 570 g/mol. The van der Waals surface area contributed by atoms with Gasteiger partial charge in [-0.2, -0.15) is 0 Å². The fourth-order valence-corrected chi connectivity index (χ4v) is 5.95. The number of aromatic nitrogens is 1. The SMILES string of the molecule is COc1ccc(S(=O)(=O)N(CC(=O)Nc2ccc(S(=O)(=O)Nc3cccnc3)cc2)c2ccc(F)cc2)cc1. The molecule has 2 N–H and O–H groups in total. The summed E-state index contributed by atoms with van der Waals surface area (Å²) < 4.78 is 74.0. The van der Waals surface area contributed by atoms with Crippen LogP contribution in [0.3, 0.4) is 0 Å². The van der Waals surface area contributed by atoms with Crippen LogP contribution in [0.2, 0.25) is 0 Å². The van der Waals surface area contributed by atoms with Gasteiger partial charge in [-0.3, -0.25) is 18.8 Å². The number of hydrogen-bond donors (Lipinski definition) is 2. The molecule has 0 radical (unpaired) electrons. The van der Waals surface area contributed by atoms with E-state index in [9.17, 15) is 26.0 Å². The van der Waals surface area contributed by atoms with Crippen molar-refractivity contribution in [3.05, 3.63) is 103 Å². The van der Waals surface area contributed by atoms with Gasteiger partial charge in [0.1, 0.15) is 18.1 Å². The van der Waals surface area contributed by atoms with Crippen LogP contribution in [0.15, 0.2) is 107 Å². The van der Waals surface area contributed by atoms with Crippen molar-refractivity contribution in [1.82, 2.24) is 4.98 Å². The van der Waals surface area contributed by atoms with Crippen molar-refractivity contribution in [2.24, 2.45) is 0 Å². The van der Waals surface area contributed by atoms with Crippen LogP contribution in [-0.2, 0) is 24.8 Å². The number of pyridine rings is 1. The Morgan fingerprint density at radius 1 is 0.872 bits per heavy atom. The Hall–Kier alpha value is -4.49. The summed E-state index contributed by atoms with van der Waals surface area (Å²) in [5, 5.41) is 2.56. The molecule has 4 rings (SSSR count). The van der Waals surface area contributed by atoms with E-state index in [0.29, 0.717) is 5.75 Å². The number of anilines is 3. The predicted molar refractivity (Wildman–Crippen MR) is 144 cm³/mol. The van der Waals surface area contributed by atoms with Crippen molar-refractivity contribution >= 4 is 43.0 Å². The number of ether oxygens (including phenoxy) is 1. The Kier molecular flexibility index (Phi) is 8.12. The van der Waals surface area contributed by atoms with Crippen LogP contribution >= 0.6 is 0 Å². The lowest BCUT2D eigenvalue weighted by Crippen LogP contribution is -2.38. The first-order valence-corrected chi connectivity index (χ1v) is 14.3. The van der Waals surface area contributed by atoms with Crippen LogP contribution in [0.25, 0.3) is 0 Å². The quantitative estimate of drug-likeness (QED) is 0.296. The zero-order valence-electron chi connectivity index (χ0n) is 20.5. The molecule has 3 aromatic carbocycles. The molecule has 1 aromatic heterocycles.